The first-order chi connectivity index (χ1) is 13.7. The number of rotatable bonds is 8. The number of carbonyl (C=O) groups excluding carboxylic acids is 1. The number of ether oxygens (including phenoxy) is 1. The van der Waals surface area contributed by atoms with E-state index in [-0.39, 0.29) is 6.09 Å². The molecule has 1 heterocycles. The number of imidazole rings is 1. The molecule has 5 nitrogen and oxygen atoms in total. The molecule has 0 bridgehead atoms. The molecule has 0 aliphatic heterocycles. The number of H-pyrrole nitrogens is 1. The highest BCUT2D eigenvalue weighted by molar-refractivity contribution is 5.70. The number of alkyl carbamates (subject to hydrolysis) is 1. The summed E-state index contributed by atoms with van der Waals surface area (Å²) in [5.41, 5.74) is 5.42. The molecule has 0 aliphatic rings. The maximum atomic E-state index is 11.6. The Hall–Kier alpha value is -3.08. The summed E-state index contributed by atoms with van der Waals surface area (Å²) >= 11 is 0. The minimum atomic E-state index is -0.367. The minimum absolute atomic E-state index is 0.367. The molecule has 1 amide bonds. The van der Waals surface area contributed by atoms with Gasteiger partial charge in [0.05, 0.1) is 12.3 Å². The standard InChI is InChI=1S/C23H27N3O2/c1-3-4-16-28-23(27)24-15-14-21-25-17(2)22(26-21)20-12-10-19(11-13-20)18-8-6-5-7-9-18/h5-13H,3-4,14-16H2,1-2H3,(H,24,27)(H,25,26). The number of amides is 1. The van der Waals surface area contributed by atoms with Crippen molar-refractivity contribution in [1.29, 1.82) is 0 Å². The number of nitrogens with zero attached hydrogens (tertiary/aromatic N) is 1. The largest absolute Gasteiger partial charge is 0.450 e. The van der Waals surface area contributed by atoms with Gasteiger partial charge in [0, 0.05) is 24.2 Å². The van der Waals surface area contributed by atoms with Crippen LogP contribution in [0.4, 0.5) is 4.79 Å². The van der Waals surface area contributed by atoms with Crippen LogP contribution in [0.5, 0.6) is 0 Å². The first-order valence-electron chi connectivity index (χ1n) is 9.79. The van der Waals surface area contributed by atoms with Gasteiger partial charge in [-0.15, -0.1) is 0 Å². The van der Waals surface area contributed by atoms with E-state index in [2.05, 4.69) is 53.6 Å². The Morgan fingerprint density at radius 2 is 1.71 bits per heavy atom. The van der Waals surface area contributed by atoms with Crippen LogP contribution in [0.15, 0.2) is 54.6 Å². The number of hydrogen-bond donors (Lipinski definition) is 2. The summed E-state index contributed by atoms with van der Waals surface area (Å²) in [6.07, 6.45) is 2.16. The quantitative estimate of drug-likeness (QED) is 0.535. The third-order valence-electron chi connectivity index (χ3n) is 4.56. The lowest BCUT2D eigenvalue weighted by molar-refractivity contribution is 0.144. The summed E-state index contributed by atoms with van der Waals surface area (Å²) < 4.78 is 5.09. The van der Waals surface area contributed by atoms with Crippen molar-refractivity contribution in [1.82, 2.24) is 15.3 Å². The molecule has 3 aromatic rings. The van der Waals surface area contributed by atoms with Crippen LogP contribution in [-0.2, 0) is 11.2 Å². The van der Waals surface area contributed by atoms with E-state index < -0.39 is 0 Å². The van der Waals surface area contributed by atoms with Gasteiger partial charge in [-0.2, -0.15) is 0 Å². The first kappa shape index (κ1) is 19.7. The van der Waals surface area contributed by atoms with Crippen molar-refractivity contribution in [3.8, 4) is 22.4 Å². The fourth-order valence-corrected chi connectivity index (χ4v) is 3.02. The van der Waals surface area contributed by atoms with Gasteiger partial charge in [0.15, 0.2) is 0 Å². The van der Waals surface area contributed by atoms with Crippen LogP contribution >= 0.6 is 0 Å². The van der Waals surface area contributed by atoms with E-state index >= 15 is 0 Å². The number of aryl methyl sites for hydroxylation is 1. The number of aromatic amines is 1. The monoisotopic (exact) mass is 377 g/mol. The van der Waals surface area contributed by atoms with Crippen molar-refractivity contribution in [3.05, 3.63) is 66.1 Å². The second-order valence-corrected chi connectivity index (χ2v) is 6.77. The number of hydrogen-bond acceptors (Lipinski definition) is 3. The Labute approximate surface area is 166 Å². The molecule has 0 fully saturated rings. The van der Waals surface area contributed by atoms with Gasteiger partial charge in [-0.3, -0.25) is 0 Å². The minimum Gasteiger partial charge on any atom is -0.450 e. The van der Waals surface area contributed by atoms with E-state index in [1.807, 2.05) is 25.1 Å². The topological polar surface area (TPSA) is 67.0 Å². The molecule has 0 saturated heterocycles. The molecule has 0 radical (unpaired) electrons. The number of benzene rings is 2. The van der Waals surface area contributed by atoms with Crippen LogP contribution in [-0.4, -0.2) is 29.2 Å². The van der Waals surface area contributed by atoms with Gasteiger partial charge >= 0.3 is 6.09 Å². The average molecular weight is 377 g/mol. The van der Waals surface area contributed by atoms with Crippen LogP contribution in [0.25, 0.3) is 22.4 Å². The van der Waals surface area contributed by atoms with Crippen molar-refractivity contribution >= 4 is 6.09 Å². The smallest absolute Gasteiger partial charge is 0.407 e. The van der Waals surface area contributed by atoms with Crippen molar-refractivity contribution in [3.63, 3.8) is 0 Å². The lowest BCUT2D eigenvalue weighted by Crippen LogP contribution is -2.27. The fraction of sp³-hybridized carbons (Fsp3) is 0.304. The van der Waals surface area contributed by atoms with Gasteiger partial charge in [0.25, 0.3) is 0 Å². The predicted molar refractivity (Wildman–Crippen MR) is 112 cm³/mol. The lowest BCUT2D eigenvalue weighted by atomic mass is 10.0. The van der Waals surface area contributed by atoms with Gasteiger partial charge in [0.1, 0.15) is 5.82 Å². The van der Waals surface area contributed by atoms with Crippen LogP contribution in [0.2, 0.25) is 0 Å². The van der Waals surface area contributed by atoms with E-state index in [1.54, 1.807) is 0 Å². The molecule has 3 rings (SSSR count). The second-order valence-electron chi connectivity index (χ2n) is 6.77. The Bertz CT molecular complexity index is 886. The van der Waals surface area contributed by atoms with Gasteiger partial charge in [0.2, 0.25) is 0 Å². The number of nitrogens with one attached hydrogen (secondary N) is 2. The highest BCUT2D eigenvalue weighted by atomic mass is 16.5. The number of unbranched alkanes of at least 4 members (excludes halogenated alkanes) is 1. The Morgan fingerprint density at radius 1 is 1.04 bits per heavy atom. The van der Waals surface area contributed by atoms with E-state index in [0.29, 0.717) is 19.6 Å². The van der Waals surface area contributed by atoms with Crippen LogP contribution in [0.3, 0.4) is 0 Å². The van der Waals surface area contributed by atoms with Gasteiger partial charge in [-0.25, -0.2) is 9.78 Å². The average Bonchev–Trinajstić information content (AvgIpc) is 3.09. The maximum Gasteiger partial charge on any atom is 0.407 e. The molecule has 1 aromatic heterocycles. The highest BCUT2D eigenvalue weighted by Crippen LogP contribution is 2.25. The molecule has 0 atom stereocenters. The second kappa shape index (κ2) is 9.74. The molecule has 0 unspecified atom stereocenters. The zero-order chi connectivity index (χ0) is 19.8. The number of carbonyl (C=O) groups is 1. The molecule has 0 aliphatic carbocycles. The SMILES string of the molecule is CCCCOC(=O)NCCc1nc(-c2ccc(-c3ccccc3)cc2)c(C)[nH]1. The zero-order valence-electron chi connectivity index (χ0n) is 16.5. The summed E-state index contributed by atoms with van der Waals surface area (Å²) in [6, 6.07) is 18.7. The van der Waals surface area contributed by atoms with Crippen LogP contribution in [0.1, 0.15) is 31.3 Å². The molecule has 28 heavy (non-hydrogen) atoms. The van der Waals surface area contributed by atoms with Crippen LogP contribution < -0.4 is 5.32 Å². The molecule has 5 heteroatoms. The summed E-state index contributed by atoms with van der Waals surface area (Å²) in [7, 11) is 0. The molecule has 2 N–H and O–H groups in total. The summed E-state index contributed by atoms with van der Waals surface area (Å²) in [4.78, 5) is 19.6. The summed E-state index contributed by atoms with van der Waals surface area (Å²) in [6.45, 7) is 5.03. The Kier molecular flexibility index (Phi) is 6.84. The zero-order valence-corrected chi connectivity index (χ0v) is 16.5. The van der Waals surface area contributed by atoms with Crippen molar-refractivity contribution in [2.75, 3.05) is 13.2 Å². The highest BCUT2D eigenvalue weighted by Gasteiger charge is 2.10. The molecular formula is C23H27N3O2. The van der Waals surface area contributed by atoms with Crippen molar-refractivity contribution in [2.24, 2.45) is 0 Å². The Balaban J connectivity index is 1.58. The number of aromatic nitrogens is 2. The fourth-order valence-electron chi connectivity index (χ4n) is 3.02. The lowest BCUT2D eigenvalue weighted by Gasteiger charge is -2.05. The molecular weight excluding hydrogens is 350 g/mol. The van der Waals surface area contributed by atoms with Gasteiger partial charge in [-0.1, -0.05) is 67.9 Å². The van der Waals surface area contributed by atoms with E-state index in [1.165, 1.54) is 11.1 Å². The van der Waals surface area contributed by atoms with Crippen molar-refractivity contribution in [2.45, 2.75) is 33.1 Å². The Morgan fingerprint density at radius 3 is 2.43 bits per heavy atom. The maximum absolute atomic E-state index is 11.6. The normalized spacial score (nSPS) is 10.6. The molecule has 0 spiro atoms. The predicted octanol–water partition coefficient (Wildman–Crippen LogP) is 5.12. The van der Waals surface area contributed by atoms with E-state index in [9.17, 15) is 4.79 Å². The summed E-state index contributed by atoms with van der Waals surface area (Å²) in [5, 5.41) is 2.76. The van der Waals surface area contributed by atoms with Crippen molar-refractivity contribution < 1.29 is 9.53 Å². The van der Waals surface area contributed by atoms with Gasteiger partial charge < -0.3 is 15.0 Å². The molecule has 146 valence electrons. The first-order valence-corrected chi connectivity index (χ1v) is 9.79. The van der Waals surface area contributed by atoms with E-state index in [4.69, 9.17) is 9.72 Å². The van der Waals surface area contributed by atoms with E-state index in [0.717, 1.165) is 35.6 Å². The van der Waals surface area contributed by atoms with Gasteiger partial charge in [-0.05, 0) is 24.5 Å². The third-order valence-corrected chi connectivity index (χ3v) is 4.56. The van der Waals surface area contributed by atoms with Crippen LogP contribution in [0, 0.1) is 6.92 Å². The summed E-state index contributed by atoms with van der Waals surface area (Å²) in [5.74, 6) is 0.855. The molecule has 0 saturated carbocycles. The third kappa shape index (κ3) is 5.22. The molecule has 2 aromatic carbocycles.